The van der Waals surface area contributed by atoms with Crippen molar-refractivity contribution in [1.82, 2.24) is 14.7 Å². The van der Waals surface area contributed by atoms with Crippen LogP contribution in [0, 0.1) is 11.8 Å². The Bertz CT molecular complexity index is 968. The van der Waals surface area contributed by atoms with Gasteiger partial charge in [-0.2, -0.15) is 0 Å². The zero-order chi connectivity index (χ0) is 28.1. The number of ether oxygens (including phenoxy) is 3. The van der Waals surface area contributed by atoms with Crippen LogP contribution in [-0.2, 0) is 19.9 Å². The van der Waals surface area contributed by atoms with Gasteiger partial charge in [0.05, 0.1) is 6.61 Å². The van der Waals surface area contributed by atoms with E-state index in [2.05, 4.69) is 111 Å². The number of hydrogen-bond acceptors (Lipinski definition) is 6. The van der Waals surface area contributed by atoms with Crippen LogP contribution < -0.4 is 0 Å². The van der Waals surface area contributed by atoms with Crippen molar-refractivity contribution < 1.29 is 14.2 Å². The maximum atomic E-state index is 6.98. The predicted octanol–water partition coefficient (Wildman–Crippen LogP) is 5.64. The van der Waals surface area contributed by atoms with Crippen molar-refractivity contribution in [3.8, 4) is 0 Å². The van der Waals surface area contributed by atoms with Crippen LogP contribution in [-0.4, -0.2) is 88.8 Å². The van der Waals surface area contributed by atoms with Gasteiger partial charge in [-0.1, -0.05) is 60.7 Å². The maximum Gasteiger partial charge on any atom is 0.173 e. The van der Waals surface area contributed by atoms with Crippen molar-refractivity contribution in [2.45, 2.75) is 62.1 Å². The molecule has 2 aliphatic rings. The molecule has 0 spiro atoms. The quantitative estimate of drug-likeness (QED) is 0.327. The molecule has 0 amide bonds. The highest BCUT2D eigenvalue weighted by molar-refractivity contribution is 5.35. The molecular formula is C33H51N3O3. The van der Waals surface area contributed by atoms with Gasteiger partial charge in [-0.05, 0) is 92.0 Å². The molecule has 0 heterocycles. The molecule has 2 aromatic carbocycles. The summed E-state index contributed by atoms with van der Waals surface area (Å²) >= 11 is 0. The molecule has 0 radical (unpaired) electrons. The molecule has 4 rings (SSSR count). The highest BCUT2D eigenvalue weighted by Gasteiger charge is 2.45. The zero-order valence-electron chi connectivity index (χ0n) is 25.4. The second-order valence-electron chi connectivity index (χ2n) is 12.2. The summed E-state index contributed by atoms with van der Waals surface area (Å²) in [6, 6.07) is 21.2. The Kier molecular flexibility index (Phi) is 9.90. The summed E-state index contributed by atoms with van der Waals surface area (Å²) < 4.78 is 19.2. The van der Waals surface area contributed by atoms with Crippen LogP contribution in [0.1, 0.15) is 56.1 Å². The molecule has 0 N–H and O–H groups in total. The van der Waals surface area contributed by atoms with E-state index in [1.54, 1.807) is 0 Å². The third kappa shape index (κ3) is 6.12. The van der Waals surface area contributed by atoms with E-state index >= 15 is 0 Å². The van der Waals surface area contributed by atoms with E-state index in [1.807, 2.05) is 14.2 Å². The highest BCUT2D eigenvalue weighted by Crippen LogP contribution is 2.43. The molecule has 2 aromatic rings. The van der Waals surface area contributed by atoms with Gasteiger partial charge in [-0.25, -0.2) is 0 Å². The monoisotopic (exact) mass is 537 g/mol. The zero-order valence-corrected chi connectivity index (χ0v) is 25.4. The van der Waals surface area contributed by atoms with E-state index in [4.69, 9.17) is 14.2 Å². The summed E-state index contributed by atoms with van der Waals surface area (Å²) in [5.74, 6) is 1.11. The third-order valence-electron chi connectivity index (χ3n) is 9.73. The van der Waals surface area contributed by atoms with Crippen LogP contribution in [0.25, 0.3) is 0 Å². The number of hydrogen-bond donors (Lipinski definition) is 0. The predicted molar refractivity (Wildman–Crippen MR) is 158 cm³/mol. The fourth-order valence-corrected chi connectivity index (χ4v) is 7.15. The van der Waals surface area contributed by atoms with Gasteiger partial charge >= 0.3 is 0 Å². The van der Waals surface area contributed by atoms with Gasteiger partial charge in [0.15, 0.2) is 5.72 Å². The minimum atomic E-state index is -0.627. The Morgan fingerprint density at radius 1 is 0.718 bits per heavy atom. The lowest BCUT2D eigenvalue weighted by Crippen LogP contribution is -2.53. The van der Waals surface area contributed by atoms with Crippen molar-refractivity contribution in [3.05, 3.63) is 71.8 Å². The van der Waals surface area contributed by atoms with E-state index in [0.29, 0.717) is 18.4 Å². The number of nitrogens with zero attached hydrogens (tertiary/aromatic N) is 3. The first kappa shape index (κ1) is 30.2. The van der Waals surface area contributed by atoms with Gasteiger partial charge in [0.2, 0.25) is 0 Å². The Hall–Kier alpha value is -1.80. The summed E-state index contributed by atoms with van der Waals surface area (Å²) in [5, 5.41) is 0. The molecule has 2 unspecified atom stereocenters. The average Bonchev–Trinajstić information content (AvgIpc) is 3.39. The van der Waals surface area contributed by atoms with E-state index < -0.39 is 5.72 Å². The minimum Gasteiger partial charge on any atom is -0.364 e. The molecule has 0 aliphatic heterocycles. The minimum absolute atomic E-state index is 0.128. The summed E-state index contributed by atoms with van der Waals surface area (Å²) in [4.78, 5) is 6.96. The molecule has 6 nitrogen and oxygen atoms in total. The molecule has 39 heavy (non-hydrogen) atoms. The van der Waals surface area contributed by atoms with E-state index in [0.717, 1.165) is 56.2 Å². The molecule has 2 atom stereocenters. The van der Waals surface area contributed by atoms with Crippen LogP contribution in [0.5, 0.6) is 0 Å². The summed E-state index contributed by atoms with van der Waals surface area (Å²) in [6.07, 6.45) is 7.59. The fraction of sp³-hybridized carbons (Fsp3) is 0.636. The number of methoxy groups -OCH3 is 2. The van der Waals surface area contributed by atoms with Gasteiger partial charge in [-0.15, -0.1) is 0 Å². The standard InChI is InChI=1S/C33H51N3O3/c1-34(2)32(38-7)23-20-28(24-32)25-36(5)31(37-6)21-18-27(19-22-31)26-39-33(35(3)4,29-14-10-8-11-15-29)30-16-12-9-13-17-30/h8-17,27-28H,18-26H2,1-7H3. The Morgan fingerprint density at radius 2 is 1.21 bits per heavy atom. The highest BCUT2D eigenvalue weighted by atomic mass is 16.5. The molecule has 0 saturated heterocycles. The average molecular weight is 538 g/mol. The topological polar surface area (TPSA) is 37.4 Å². The molecule has 6 heteroatoms. The van der Waals surface area contributed by atoms with Gasteiger partial charge in [0, 0.05) is 31.9 Å². The van der Waals surface area contributed by atoms with Crippen molar-refractivity contribution in [2.75, 3.05) is 62.6 Å². The normalized spacial score (nSPS) is 28.1. The van der Waals surface area contributed by atoms with Crippen molar-refractivity contribution in [2.24, 2.45) is 11.8 Å². The molecule has 216 valence electrons. The molecule has 2 saturated carbocycles. The van der Waals surface area contributed by atoms with E-state index in [9.17, 15) is 0 Å². The van der Waals surface area contributed by atoms with Gasteiger partial charge in [0.1, 0.15) is 11.4 Å². The van der Waals surface area contributed by atoms with E-state index in [-0.39, 0.29) is 11.4 Å². The van der Waals surface area contributed by atoms with Crippen LogP contribution in [0.2, 0.25) is 0 Å². The van der Waals surface area contributed by atoms with Crippen LogP contribution in [0.3, 0.4) is 0 Å². The first-order valence-corrected chi connectivity index (χ1v) is 14.6. The molecule has 0 bridgehead atoms. The van der Waals surface area contributed by atoms with Gasteiger partial charge in [0.25, 0.3) is 0 Å². The SMILES string of the molecule is COC1(N(C)C)CCC(CN(C)C2(OC)CCC(COC(c3ccccc3)(c3ccccc3)N(C)C)CC2)C1. The van der Waals surface area contributed by atoms with Crippen molar-refractivity contribution in [1.29, 1.82) is 0 Å². The Morgan fingerprint density at radius 3 is 1.64 bits per heavy atom. The van der Waals surface area contributed by atoms with Crippen LogP contribution in [0.4, 0.5) is 0 Å². The Labute approximate surface area is 237 Å². The largest absolute Gasteiger partial charge is 0.364 e. The number of rotatable bonds is 12. The lowest BCUT2D eigenvalue weighted by atomic mass is 9.82. The third-order valence-corrected chi connectivity index (χ3v) is 9.73. The molecule has 2 aliphatic carbocycles. The van der Waals surface area contributed by atoms with Crippen molar-refractivity contribution in [3.63, 3.8) is 0 Å². The lowest BCUT2D eigenvalue weighted by Gasteiger charge is -2.47. The first-order chi connectivity index (χ1) is 18.7. The molecule has 2 fully saturated rings. The second kappa shape index (κ2) is 12.8. The first-order valence-electron chi connectivity index (χ1n) is 14.6. The fourth-order valence-electron chi connectivity index (χ4n) is 7.15. The van der Waals surface area contributed by atoms with Gasteiger partial charge in [-0.3, -0.25) is 14.7 Å². The maximum absolute atomic E-state index is 6.98. The summed E-state index contributed by atoms with van der Waals surface area (Å²) in [5.41, 5.74) is 1.35. The molecule has 0 aromatic heterocycles. The molecular weight excluding hydrogens is 486 g/mol. The van der Waals surface area contributed by atoms with E-state index in [1.165, 1.54) is 6.42 Å². The van der Waals surface area contributed by atoms with Crippen LogP contribution in [0.15, 0.2) is 60.7 Å². The summed E-state index contributed by atoms with van der Waals surface area (Å²) in [6.45, 7) is 1.76. The number of benzene rings is 2. The summed E-state index contributed by atoms with van der Waals surface area (Å²) in [7, 11) is 14.5. The van der Waals surface area contributed by atoms with Crippen molar-refractivity contribution >= 4 is 0 Å². The smallest absolute Gasteiger partial charge is 0.173 e. The lowest BCUT2D eigenvalue weighted by molar-refractivity contribution is -0.171. The van der Waals surface area contributed by atoms with Crippen LogP contribution >= 0.6 is 0 Å². The second-order valence-corrected chi connectivity index (χ2v) is 12.2. The Balaban J connectivity index is 1.42. The van der Waals surface area contributed by atoms with Gasteiger partial charge < -0.3 is 14.2 Å².